The molecule has 0 radical (unpaired) electrons. The first-order valence-corrected chi connectivity index (χ1v) is 7.84. The number of urea groups is 1. The van der Waals surface area contributed by atoms with Gasteiger partial charge in [0.05, 0.1) is 12.6 Å². The quantitative estimate of drug-likeness (QED) is 0.725. The third-order valence-corrected chi connectivity index (χ3v) is 3.68. The Morgan fingerprint density at radius 3 is 2.74 bits per heavy atom. The molecule has 0 fully saturated rings. The number of aromatic nitrogens is 2. The van der Waals surface area contributed by atoms with Gasteiger partial charge in [-0.05, 0) is 29.7 Å². The number of hydrogen-bond donors (Lipinski definition) is 3. The highest BCUT2D eigenvalue weighted by atomic mass is 35.5. The molecule has 0 spiro atoms. The van der Waals surface area contributed by atoms with Crippen LogP contribution < -0.4 is 10.6 Å². The maximum atomic E-state index is 12.0. The molecular formula is C16H21ClN4O2. The van der Waals surface area contributed by atoms with Gasteiger partial charge < -0.3 is 15.7 Å². The Balaban J connectivity index is 1.79. The number of carbonyl (C=O) groups excluding carboxylic acids is 1. The summed E-state index contributed by atoms with van der Waals surface area (Å²) >= 11 is 5.84. The lowest BCUT2D eigenvalue weighted by Gasteiger charge is -2.19. The molecule has 0 bridgehead atoms. The van der Waals surface area contributed by atoms with Gasteiger partial charge in [0.1, 0.15) is 0 Å². The van der Waals surface area contributed by atoms with Gasteiger partial charge in [-0.2, -0.15) is 5.10 Å². The lowest BCUT2D eigenvalue weighted by molar-refractivity contribution is 0.215. The topological polar surface area (TPSA) is 79.2 Å². The molecule has 2 amide bonds. The van der Waals surface area contributed by atoms with Gasteiger partial charge in [0.15, 0.2) is 0 Å². The summed E-state index contributed by atoms with van der Waals surface area (Å²) in [5, 5.41) is 19.8. The molecule has 1 heterocycles. The summed E-state index contributed by atoms with van der Waals surface area (Å²) in [6.07, 6.45) is 3.61. The van der Waals surface area contributed by atoms with Gasteiger partial charge in [0.2, 0.25) is 0 Å². The molecule has 7 heteroatoms. The molecule has 0 aliphatic carbocycles. The summed E-state index contributed by atoms with van der Waals surface area (Å²) in [5.41, 5.74) is 0.802. The fourth-order valence-electron chi connectivity index (χ4n) is 2.20. The molecule has 1 aromatic heterocycles. The standard InChI is InChI=1S/C16H21ClN4O2/c1-12(10-21-8-2-7-19-21)9-18-16(23)20-15(11-22)13-3-5-14(17)6-4-13/h2-8,12,15,22H,9-11H2,1H3,(H2,18,20,23). The van der Waals surface area contributed by atoms with Crippen LogP contribution in [0.1, 0.15) is 18.5 Å². The van der Waals surface area contributed by atoms with Crippen molar-refractivity contribution in [2.75, 3.05) is 13.2 Å². The summed E-state index contributed by atoms with van der Waals surface area (Å²) in [5.74, 6) is 0.240. The summed E-state index contributed by atoms with van der Waals surface area (Å²) in [6.45, 7) is 3.10. The zero-order valence-corrected chi connectivity index (χ0v) is 13.7. The van der Waals surface area contributed by atoms with Crippen molar-refractivity contribution in [1.29, 1.82) is 0 Å². The van der Waals surface area contributed by atoms with E-state index >= 15 is 0 Å². The number of hydrogen-bond acceptors (Lipinski definition) is 3. The summed E-state index contributed by atoms with van der Waals surface area (Å²) in [7, 11) is 0. The zero-order chi connectivity index (χ0) is 16.7. The van der Waals surface area contributed by atoms with E-state index < -0.39 is 6.04 Å². The Hall–Kier alpha value is -2.05. The van der Waals surface area contributed by atoms with E-state index in [9.17, 15) is 9.90 Å². The van der Waals surface area contributed by atoms with Crippen molar-refractivity contribution in [3.05, 3.63) is 53.3 Å². The minimum Gasteiger partial charge on any atom is -0.394 e. The first kappa shape index (κ1) is 17.3. The summed E-state index contributed by atoms with van der Waals surface area (Å²) in [4.78, 5) is 12.0. The van der Waals surface area contributed by atoms with Gasteiger partial charge in [-0.15, -0.1) is 0 Å². The summed E-state index contributed by atoms with van der Waals surface area (Å²) < 4.78 is 1.83. The number of benzene rings is 1. The van der Waals surface area contributed by atoms with Gasteiger partial charge in [0, 0.05) is 30.5 Å². The Labute approximate surface area is 140 Å². The van der Waals surface area contributed by atoms with Crippen molar-refractivity contribution in [2.24, 2.45) is 5.92 Å². The van der Waals surface area contributed by atoms with E-state index in [2.05, 4.69) is 15.7 Å². The fraction of sp³-hybridized carbons (Fsp3) is 0.375. The SMILES string of the molecule is CC(CNC(=O)NC(CO)c1ccc(Cl)cc1)Cn1cccn1. The van der Waals surface area contributed by atoms with E-state index in [1.807, 2.05) is 23.9 Å². The van der Waals surface area contributed by atoms with Crippen LogP contribution in [0.4, 0.5) is 4.79 Å². The smallest absolute Gasteiger partial charge is 0.315 e. The third kappa shape index (κ3) is 5.58. The first-order chi connectivity index (χ1) is 11.1. The minimum absolute atomic E-state index is 0.183. The second kappa shape index (κ2) is 8.55. The van der Waals surface area contributed by atoms with Crippen LogP contribution >= 0.6 is 11.6 Å². The number of aliphatic hydroxyl groups excluding tert-OH is 1. The second-order valence-corrected chi connectivity index (χ2v) is 5.91. The van der Waals surface area contributed by atoms with Crippen molar-refractivity contribution in [2.45, 2.75) is 19.5 Å². The maximum absolute atomic E-state index is 12.0. The maximum Gasteiger partial charge on any atom is 0.315 e. The van der Waals surface area contributed by atoms with Gasteiger partial charge in [-0.25, -0.2) is 4.79 Å². The molecule has 1 aromatic carbocycles. The Kier molecular flexibility index (Phi) is 6.43. The van der Waals surface area contributed by atoms with Crippen LogP contribution in [0.2, 0.25) is 5.02 Å². The van der Waals surface area contributed by atoms with E-state index in [4.69, 9.17) is 11.6 Å². The van der Waals surface area contributed by atoms with E-state index in [0.29, 0.717) is 11.6 Å². The number of halogens is 1. The number of rotatable bonds is 7. The van der Waals surface area contributed by atoms with Crippen LogP contribution in [0.5, 0.6) is 0 Å². The van der Waals surface area contributed by atoms with Crippen molar-refractivity contribution in [3.8, 4) is 0 Å². The van der Waals surface area contributed by atoms with Crippen LogP contribution in [0.3, 0.4) is 0 Å². The average molecular weight is 337 g/mol. The largest absolute Gasteiger partial charge is 0.394 e. The minimum atomic E-state index is -0.464. The lowest BCUT2D eigenvalue weighted by Crippen LogP contribution is -2.41. The van der Waals surface area contributed by atoms with Crippen LogP contribution in [-0.4, -0.2) is 34.1 Å². The molecule has 23 heavy (non-hydrogen) atoms. The van der Waals surface area contributed by atoms with Crippen LogP contribution in [0.25, 0.3) is 0 Å². The molecule has 0 aliphatic heterocycles. The Morgan fingerprint density at radius 2 is 2.13 bits per heavy atom. The number of nitrogens with one attached hydrogen (secondary N) is 2. The van der Waals surface area contributed by atoms with Crippen LogP contribution in [0.15, 0.2) is 42.7 Å². The van der Waals surface area contributed by atoms with E-state index in [-0.39, 0.29) is 18.6 Å². The van der Waals surface area contributed by atoms with Gasteiger partial charge >= 0.3 is 6.03 Å². The molecule has 0 aliphatic rings. The Morgan fingerprint density at radius 1 is 1.39 bits per heavy atom. The zero-order valence-electron chi connectivity index (χ0n) is 12.9. The highest BCUT2D eigenvalue weighted by molar-refractivity contribution is 6.30. The predicted molar refractivity (Wildman–Crippen MR) is 89.2 cm³/mol. The van der Waals surface area contributed by atoms with E-state index in [0.717, 1.165) is 12.1 Å². The highest BCUT2D eigenvalue weighted by Gasteiger charge is 2.14. The van der Waals surface area contributed by atoms with Gasteiger partial charge in [-0.1, -0.05) is 30.7 Å². The lowest BCUT2D eigenvalue weighted by atomic mass is 10.1. The monoisotopic (exact) mass is 336 g/mol. The average Bonchev–Trinajstić information content (AvgIpc) is 3.04. The van der Waals surface area contributed by atoms with Crippen molar-refractivity contribution in [3.63, 3.8) is 0 Å². The Bertz CT molecular complexity index is 601. The van der Waals surface area contributed by atoms with Crippen LogP contribution in [-0.2, 0) is 6.54 Å². The molecule has 6 nitrogen and oxygen atoms in total. The van der Waals surface area contributed by atoms with Crippen molar-refractivity contribution in [1.82, 2.24) is 20.4 Å². The first-order valence-electron chi connectivity index (χ1n) is 7.46. The fourth-order valence-corrected chi connectivity index (χ4v) is 2.32. The van der Waals surface area contributed by atoms with E-state index in [1.54, 1.807) is 30.5 Å². The predicted octanol–water partition coefficient (Wildman–Crippen LogP) is 2.21. The van der Waals surface area contributed by atoms with Crippen molar-refractivity contribution >= 4 is 17.6 Å². The molecule has 2 rings (SSSR count). The number of aliphatic hydroxyl groups is 1. The molecule has 124 valence electrons. The number of amides is 2. The molecule has 3 N–H and O–H groups in total. The second-order valence-electron chi connectivity index (χ2n) is 5.47. The molecule has 2 atom stereocenters. The van der Waals surface area contributed by atoms with Crippen molar-refractivity contribution < 1.29 is 9.90 Å². The normalized spacial score (nSPS) is 13.3. The number of nitrogens with zero attached hydrogens (tertiary/aromatic N) is 2. The molecule has 0 saturated heterocycles. The number of carbonyl (C=O) groups is 1. The molecule has 2 aromatic rings. The van der Waals surface area contributed by atoms with Crippen LogP contribution in [0, 0.1) is 5.92 Å². The van der Waals surface area contributed by atoms with Gasteiger partial charge in [-0.3, -0.25) is 4.68 Å². The van der Waals surface area contributed by atoms with E-state index in [1.165, 1.54) is 0 Å². The van der Waals surface area contributed by atoms with Gasteiger partial charge in [0.25, 0.3) is 0 Å². The molecule has 0 saturated carbocycles. The molecular weight excluding hydrogens is 316 g/mol. The third-order valence-electron chi connectivity index (χ3n) is 3.43. The molecule has 2 unspecified atom stereocenters. The highest BCUT2D eigenvalue weighted by Crippen LogP contribution is 2.16. The summed E-state index contributed by atoms with van der Waals surface area (Å²) in [6, 6.07) is 8.11.